The number of esters is 1. The molecule has 0 aromatic rings. The molecule has 1 heterocycles. The van der Waals surface area contributed by atoms with Crippen molar-refractivity contribution in [2.24, 2.45) is 0 Å². The predicted octanol–water partition coefficient (Wildman–Crippen LogP) is 2.46. The molecule has 0 unspecified atom stereocenters. The molecular formula is C13H26O4Si. The number of carbonyl (C=O) groups excluding carboxylic acids is 1. The summed E-state index contributed by atoms with van der Waals surface area (Å²) in [5.74, 6) is -0.294. The summed E-state index contributed by atoms with van der Waals surface area (Å²) in [4.78, 5) is 11.0. The first-order valence-corrected chi connectivity index (χ1v) is 9.56. The number of aliphatic hydroxyl groups excluding tert-OH is 1. The highest BCUT2D eigenvalue weighted by molar-refractivity contribution is 6.74. The highest BCUT2D eigenvalue weighted by atomic mass is 28.4. The standard InChI is InChI=1S/C13H26O4Si/c1-13(2,3)18(4,5)16-8-6-7-11-10(14)9-12(15)17-11/h10-11,14H,6-9H2,1-5H3/t10-,11-/m0/s1. The minimum Gasteiger partial charge on any atom is -0.460 e. The summed E-state index contributed by atoms with van der Waals surface area (Å²) in [5.41, 5.74) is 0. The molecule has 1 N–H and O–H groups in total. The lowest BCUT2D eigenvalue weighted by molar-refractivity contribution is -0.142. The van der Waals surface area contributed by atoms with Crippen LogP contribution in [0.5, 0.6) is 0 Å². The number of hydrogen-bond acceptors (Lipinski definition) is 4. The van der Waals surface area contributed by atoms with Crippen molar-refractivity contribution in [1.29, 1.82) is 0 Å². The van der Waals surface area contributed by atoms with Crippen LogP contribution in [0.2, 0.25) is 18.1 Å². The van der Waals surface area contributed by atoms with Crippen molar-refractivity contribution in [3.63, 3.8) is 0 Å². The lowest BCUT2D eigenvalue weighted by Crippen LogP contribution is -2.41. The summed E-state index contributed by atoms with van der Waals surface area (Å²) in [7, 11) is -1.68. The third-order valence-corrected chi connectivity index (χ3v) is 8.53. The monoisotopic (exact) mass is 274 g/mol. The van der Waals surface area contributed by atoms with Crippen molar-refractivity contribution in [3.8, 4) is 0 Å². The molecule has 0 spiro atoms. The maximum Gasteiger partial charge on any atom is 0.308 e. The minimum atomic E-state index is -1.68. The van der Waals surface area contributed by atoms with E-state index < -0.39 is 14.4 Å². The highest BCUT2D eigenvalue weighted by Gasteiger charge is 2.37. The van der Waals surface area contributed by atoms with Gasteiger partial charge in [-0.3, -0.25) is 4.79 Å². The smallest absolute Gasteiger partial charge is 0.308 e. The van der Waals surface area contributed by atoms with Crippen LogP contribution >= 0.6 is 0 Å². The number of aliphatic hydroxyl groups is 1. The van der Waals surface area contributed by atoms with Gasteiger partial charge in [0.15, 0.2) is 8.32 Å². The van der Waals surface area contributed by atoms with Crippen molar-refractivity contribution in [2.75, 3.05) is 6.61 Å². The first-order chi connectivity index (χ1) is 8.13. The Bertz CT molecular complexity index is 296. The Morgan fingerprint density at radius 2 is 2.06 bits per heavy atom. The van der Waals surface area contributed by atoms with E-state index >= 15 is 0 Å². The Balaban J connectivity index is 2.25. The molecule has 1 saturated heterocycles. The molecule has 1 fully saturated rings. The molecule has 0 amide bonds. The van der Waals surface area contributed by atoms with E-state index in [1.165, 1.54) is 0 Å². The molecule has 106 valence electrons. The van der Waals surface area contributed by atoms with Crippen LogP contribution in [0.1, 0.15) is 40.0 Å². The van der Waals surface area contributed by atoms with E-state index in [0.717, 1.165) is 6.42 Å². The molecule has 0 bridgehead atoms. The Hall–Kier alpha value is -0.393. The van der Waals surface area contributed by atoms with Crippen LogP contribution < -0.4 is 0 Å². The van der Waals surface area contributed by atoms with Crippen LogP contribution in [-0.2, 0) is 14.0 Å². The van der Waals surface area contributed by atoms with Crippen LogP contribution in [0.3, 0.4) is 0 Å². The third kappa shape index (κ3) is 4.07. The SMILES string of the molecule is CC(C)(C)[Si](C)(C)OCCC[C@@H]1OC(=O)C[C@@H]1O. The normalized spacial score (nSPS) is 25.3. The number of carbonyl (C=O) groups is 1. The molecule has 18 heavy (non-hydrogen) atoms. The molecule has 1 aliphatic rings. The maximum atomic E-state index is 11.0. The molecule has 1 aliphatic heterocycles. The van der Waals surface area contributed by atoms with Crippen LogP contribution in [-0.4, -0.2) is 38.2 Å². The Morgan fingerprint density at radius 1 is 1.44 bits per heavy atom. The van der Waals surface area contributed by atoms with E-state index in [1.54, 1.807) is 0 Å². The Labute approximate surface area is 111 Å². The number of cyclic esters (lactones) is 1. The fourth-order valence-corrected chi connectivity index (χ4v) is 2.77. The molecule has 5 heteroatoms. The van der Waals surface area contributed by atoms with Gasteiger partial charge in [0.1, 0.15) is 12.2 Å². The topological polar surface area (TPSA) is 55.8 Å². The van der Waals surface area contributed by atoms with Crippen LogP contribution in [0.25, 0.3) is 0 Å². The van der Waals surface area contributed by atoms with Gasteiger partial charge >= 0.3 is 5.97 Å². The summed E-state index contributed by atoms with van der Waals surface area (Å²) in [6.07, 6.45) is 0.669. The van der Waals surface area contributed by atoms with Crippen molar-refractivity contribution < 1.29 is 19.1 Å². The second kappa shape index (κ2) is 5.71. The molecule has 0 radical (unpaired) electrons. The summed E-state index contributed by atoms with van der Waals surface area (Å²) >= 11 is 0. The number of hydrogen-bond donors (Lipinski definition) is 1. The first-order valence-electron chi connectivity index (χ1n) is 6.65. The summed E-state index contributed by atoms with van der Waals surface area (Å²) in [6, 6.07) is 0. The van der Waals surface area contributed by atoms with Crippen LogP contribution in [0.15, 0.2) is 0 Å². The molecule has 1 rings (SSSR count). The van der Waals surface area contributed by atoms with Gasteiger partial charge in [-0.1, -0.05) is 20.8 Å². The molecular weight excluding hydrogens is 248 g/mol. The van der Waals surface area contributed by atoms with E-state index in [-0.39, 0.29) is 23.5 Å². The molecule has 4 nitrogen and oxygen atoms in total. The fraction of sp³-hybridized carbons (Fsp3) is 0.923. The van der Waals surface area contributed by atoms with E-state index in [1.807, 2.05) is 0 Å². The van der Waals surface area contributed by atoms with E-state index in [9.17, 15) is 9.90 Å². The van der Waals surface area contributed by atoms with Gasteiger partial charge in [0.25, 0.3) is 0 Å². The first kappa shape index (κ1) is 15.7. The summed E-state index contributed by atoms with van der Waals surface area (Å²) in [5, 5.41) is 9.78. The maximum absolute atomic E-state index is 11.0. The third-order valence-electron chi connectivity index (χ3n) is 3.99. The second-order valence-corrected chi connectivity index (χ2v) is 11.4. The van der Waals surface area contributed by atoms with Crippen molar-refractivity contribution in [3.05, 3.63) is 0 Å². The van der Waals surface area contributed by atoms with Gasteiger partial charge in [-0.25, -0.2) is 0 Å². The average Bonchev–Trinajstić information content (AvgIpc) is 2.50. The largest absolute Gasteiger partial charge is 0.460 e. The zero-order chi connectivity index (χ0) is 14.0. The van der Waals surface area contributed by atoms with Crippen molar-refractivity contribution >= 4 is 14.3 Å². The van der Waals surface area contributed by atoms with Gasteiger partial charge in [-0.15, -0.1) is 0 Å². The zero-order valence-corrected chi connectivity index (χ0v) is 13.2. The second-order valence-electron chi connectivity index (χ2n) is 6.55. The van der Waals surface area contributed by atoms with Gasteiger partial charge in [-0.2, -0.15) is 0 Å². The number of rotatable bonds is 5. The average molecular weight is 274 g/mol. The Kier molecular flexibility index (Phi) is 4.97. The molecule has 0 aromatic carbocycles. The van der Waals surface area contributed by atoms with Gasteiger partial charge in [-0.05, 0) is 31.0 Å². The van der Waals surface area contributed by atoms with E-state index in [4.69, 9.17) is 9.16 Å². The predicted molar refractivity (Wildman–Crippen MR) is 72.9 cm³/mol. The van der Waals surface area contributed by atoms with Crippen molar-refractivity contribution in [1.82, 2.24) is 0 Å². The fourth-order valence-electron chi connectivity index (χ4n) is 1.68. The van der Waals surface area contributed by atoms with E-state index in [2.05, 4.69) is 33.9 Å². The summed E-state index contributed by atoms with van der Waals surface area (Å²) < 4.78 is 11.1. The molecule has 0 saturated carbocycles. The van der Waals surface area contributed by atoms with E-state index in [0.29, 0.717) is 13.0 Å². The van der Waals surface area contributed by atoms with Crippen LogP contribution in [0, 0.1) is 0 Å². The lowest BCUT2D eigenvalue weighted by Gasteiger charge is -2.36. The Morgan fingerprint density at radius 3 is 2.50 bits per heavy atom. The molecule has 0 aliphatic carbocycles. The zero-order valence-electron chi connectivity index (χ0n) is 12.2. The van der Waals surface area contributed by atoms with Gasteiger partial charge in [0, 0.05) is 6.61 Å². The van der Waals surface area contributed by atoms with Crippen molar-refractivity contribution in [2.45, 2.75) is 70.4 Å². The number of ether oxygens (including phenoxy) is 1. The minimum absolute atomic E-state index is 0.133. The molecule has 2 atom stereocenters. The quantitative estimate of drug-likeness (QED) is 0.475. The molecule has 0 aromatic heterocycles. The van der Waals surface area contributed by atoms with Crippen LogP contribution in [0.4, 0.5) is 0 Å². The van der Waals surface area contributed by atoms with Gasteiger partial charge in [0.05, 0.1) is 6.42 Å². The van der Waals surface area contributed by atoms with Gasteiger partial charge < -0.3 is 14.3 Å². The van der Waals surface area contributed by atoms with Gasteiger partial charge in [0.2, 0.25) is 0 Å². The lowest BCUT2D eigenvalue weighted by atomic mass is 10.1. The summed E-state index contributed by atoms with van der Waals surface area (Å²) in [6.45, 7) is 11.7. The highest BCUT2D eigenvalue weighted by Crippen LogP contribution is 2.36.